The van der Waals surface area contributed by atoms with Crippen molar-refractivity contribution in [2.24, 2.45) is 0 Å². The van der Waals surface area contributed by atoms with Crippen LogP contribution < -0.4 is 10.6 Å². The first-order valence-corrected chi connectivity index (χ1v) is 9.77. The Kier molecular flexibility index (Phi) is 6.26. The van der Waals surface area contributed by atoms with Gasteiger partial charge in [0, 0.05) is 21.3 Å². The van der Waals surface area contributed by atoms with Crippen molar-refractivity contribution in [2.45, 2.75) is 19.9 Å². The fourth-order valence-corrected chi connectivity index (χ4v) is 3.49. The fourth-order valence-electron chi connectivity index (χ4n) is 2.87. The van der Waals surface area contributed by atoms with Gasteiger partial charge in [0.2, 0.25) is 0 Å². The molecule has 142 valence electrons. The van der Waals surface area contributed by atoms with E-state index >= 15 is 0 Å². The van der Waals surface area contributed by atoms with Crippen molar-refractivity contribution in [3.63, 3.8) is 0 Å². The number of hydrogen-bond donors (Lipinski definition) is 2. The van der Waals surface area contributed by atoms with E-state index < -0.39 is 0 Å². The van der Waals surface area contributed by atoms with Gasteiger partial charge in [0.15, 0.2) is 0 Å². The molecule has 1 unspecified atom stereocenters. The largest absolute Gasteiger partial charge is 0.345 e. The van der Waals surface area contributed by atoms with E-state index in [-0.39, 0.29) is 17.9 Å². The zero-order valence-corrected chi connectivity index (χ0v) is 17.3. The summed E-state index contributed by atoms with van der Waals surface area (Å²) in [6.45, 7) is 3.83. The summed E-state index contributed by atoms with van der Waals surface area (Å²) < 4.78 is 0.947. The summed E-state index contributed by atoms with van der Waals surface area (Å²) in [6.07, 6.45) is 0. The number of halogens is 1. The van der Waals surface area contributed by atoms with Gasteiger partial charge in [0.25, 0.3) is 11.8 Å². The average molecular weight is 437 g/mol. The molecule has 2 amide bonds. The predicted octanol–water partition coefficient (Wildman–Crippen LogP) is 5.50. The van der Waals surface area contributed by atoms with E-state index in [0.29, 0.717) is 16.8 Å². The summed E-state index contributed by atoms with van der Waals surface area (Å²) in [5.41, 5.74) is 3.57. The van der Waals surface area contributed by atoms with Gasteiger partial charge in [-0.15, -0.1) is 0 Å². The van der Waals surface area contributed by atoms with Gasteiger partial charge >= 0.3 is 0 Å². The Morgan fingerprint density at radius 1 is 0.857 bits per heavy atom. The minimum absolute atomic E-state index is 0.160. The van der Waals surface area contributed by atoms with Crippen LogP contribution in [0.4, 0.5) is 5.69 Å². The Morgan fingerprint density at radius 2 is 1.54 bits per heavy atom. The van der Waals surface area contributed by atoms with E-state index in [1.165, 1.54) is 0 Å². The second-order valence-corrected chi connectivity index (χ2v) is 7.42. The quantitative estimate of drug-likeness (QED) is 0.554. The highest BCUT2D eigenvalue weighted by Gasteiger charge is 2.15. The van der Waals surface area contributed by atoms with Crippen molar-refractivity contribution >= 4 is 33.4 Å². The lowest BCUT2D eigenvalue weighted by Crippen LogP contribution is -2.27. The third kappa shape index (κ3) is 4.67. The zero-order valence-electron chi connectivity index (χ0n) is 15.7. The molecule has 1 atom stereocenters. The van der Waals surface area contributed by atoms with Gasteiger partial charge in [-0.05, 0) is 55.3 Å². The van der Waals surface area contributed by atoms with Crippen molar-refractivity contribution < 1.29 is 9.59 Å². The van der Waals surface area contributed by atoms with Crippen LogP contribution in [-0.2, 0) is 0 Å². The van der Waals surface area contributed by atoms with Crippen molar-refractivity contribution in [3.05, 3.63) is 99.5 Å². The highest BCUT2D eigenvalue weighted by atomic mass is 79.9. The van der Waals surface area contributed by atoms with Gasteiger partial charge < -0.3 is 10.6 Å². The molecule has 0 bridgehead atoms. The highest BCUT2D eigenvalue weighted by molar-refractivity contribution is 9.10. The lowest BCUT2D eigenvalue weighted by molar-refractivity contribution is 0.0938. The van der Waals surface area contributed by atoms with Gasteiger partial charge in [-0.2, -0.15) is 0 Å². The third-order valence-corrected chi connectivity index (χ3v) is 5.23. The zero-order chi connectivity index (χ0) is 20.1. The second kappa shape index (κ2) is 8.85. The number of carbonyl (C=O) groups is 2. The molecule has 3 aromatic carbocycles. The number of carbonyl (C=O) groups excluding carboxylic acids is 2. The van der Waals surface area contributed by atoms with Gasteiger partial charge in [0.05, 0.1) is 6.04 Å². The molecule has 28 heavy (non-hydrogen) atoms. The predicted molar refractivity (Wildman–Crippen MR) is 116 cm³/mol. The number of anilines is 1. The van der Waals surface area contributed by atoms with Gasteiger partial charge in [-0.3, -0.25) is 9.59 Å². The SMILES string of the molecule is Cc1ccc(C(=O)NC(C)c2ccccc2Br)cc1NC(=O)c1ccccc1. The number of nitrogens with one attached hydrogen (secondary N) is 2. The molecule has 0 aromatic heterocycles. The molecule has 0 aliphatic carbocycles. The second-order valence-electron chi connectivity index (χ2n) is 6.57. The summed E-state index contributed by atoms with van der Waals surface area (Å²) in [4.78, 5) is 25.2. The van der Waals surface area contributed by atoms with E-state index in [2.05, 4.69) is 26.6 Å². The first-order chi connectivity index (χ1) is 13.5. The van der Waals surface area contributed by atoms with Gasteiger partial charge in [-0.25, -0.2) is 0 Å². The van der Waals surface area contributed by atoms with Crippen molar-refractivity contribution in [1.82, 2.24) is 5.32 Å². The third-order valence-electron chi connectivity index (χ3n) is 4.50. The summed E-state index contributed by atoms with van der Waals surface area (Å²) >= 11 is 3.51. The summed E-state index contributed by atoms with van der Waals surface area (Å²) in [7, 11) is 0. The highest BCUT2D eigenvalue weighted by Crippen LogP contribution is 2.24. The van der Waals surface area contributed by atoms with Crippen LogP contribution in [0.2, 0.25) is 0 Å². The summed E-state index contributed by atoms with van der Waals surface area (Å²) in [5.74, 6) is -0.402. The number of rotatable bonds is 5. The molecule has 0 radical (unpaired) electrons. The smallest absolute Gasteiger partial charge is 0.255 e. The minimum Gasteiger partial charge on any atom is -0.345 e. The molecule has 0 aliphatic rings. The first-order valence-electron chi connectivity index (χ1n) is 8.98. The van der Waals surface area contributed by atoms with Crippen LogP contribution >= 0.6 is 15.9 Å². The number of benzene rings is 3. The van der Waals surface area contributed by atoms with Gasteiger partial charge in [-0.1, -0.05) is 58.4 Å². The first kappa shape index (κ1) is 19.8. The molecule has 5 heteroatoms. The standard InChI is InChI=1S/C23H21BrN2O2/c1-15-12-13-18(14-21(15)26-22(27)17-8-4-3-5-9-17)23(28)25-16(2)19-10-6-7-11-20(19)24/h3-14,16H,1-2H3,(H,25,28)(H,26,27). The molecule has 3 rings (SSSR count). The average Bonchev–Trinajstić information content (AvgIpc) is 2.70. The van der Waals surface area contributed by atoms with E-state index in [0.717, 1.165) is 15.6 Å². The molecule has 0 saturated carbocycles. The van der Waals surface area contributed by atoms with Crippen molar-refractivity contribution in [2.75, 3.05) is 5.32 Å². The molecular formula is C23H21BrN2O2. The molecule has 4 nitrogen and oxygen atoms in total. The molecule has 3 aromatic rings. The maximum atomic E-state index is 12.7. The molecule has 0 aliphatic heterocycles. The van der Waals surface area contributed by atoms with E-state index in [1.807, 2.05) is 62.4 Å². The van der Waals surface area contributed by atoms with Crippen LogP contribution in [0.1, 0.15) is 44.8 Å². The molecular weight excluding hydrogens is 416 g/mol. The monoisotopic (exact) mass is 436 g/mol. The van der Waals surface area contributed by atoms with Crippen LogP contribution in [0.15, 0.2) is 77.3 Å². The van der Waals surface area contributed by atoms with Crippen LogP contribution in [0, 0.1) is 6.92 Å². The number of amides is 2. The minimum atomic E-state index is -0.206. The Hall–Kier alpha value is -2.92. The van der Waals surface area contributed by atoms with Crippen molar-refractivity contribution in [3.8, 4) is 0 Å². The molecule has 0 heterocycles. The summed E-state index contributed by atoms with van der Waals surface area (Å²) in [6, 6.07) is 21.9. The topological polar surface area (TPSA) is 58.2 Å². The maximum Gasteiger partial charge on any atom is 0.255 e. The van der Waals surface area contributed by atoms with Crippen LogP contribution in [0.25, 0.3) is 0 Å². The van der Waals surface area contributed by atoms with Crippen LogP contribution in [0.3, 0.4) is 0 Å². The normalized spacial score (nSPS) is 11.5. The van der Waals surface area contributed by atoms with Crippen molar-refractivity contribution in [1.29, 1.82) is 0 Å². The Balaban J connectivity index is 1.76. The van der Waals surface area contributed by atoms with E-state index in [1.54, 1.807) is 24.3 Å². The maximum absolute atomic E-state index is 12.7. The number of hydrogen-bond acceptors (Lipinski definition) is 2. The van der Waals surface area contributed by atoms with E-state index in [4.69, 9.17) is 0 Å². The number of aryl methyl sites for hydroxylation is 1. The Morgan fingerprint density at radius 3 is 2.25 bits per heavy atom. The molecule has 0 fully saturated rings. The summed E-state index contributed by atoms with van der Waals surface area (Å²) in [5, 5.41) is 5.89. The fraction of sp³-hybridized carbons (Fsp3) is 0.130. The van der Waals surface area contributed by atoms with Crippen LogP contribution in [0.5, 0.6) is 0 Å². The van der Waals surface area contributed by atoms with Crippen LogP contribution in [-0.4, -0.2) is 11.8 Å². The molecule has 0 saturated heterocycles. The molecule has 0 spiro atoms. The lowest BCUT2D eigenvalue weighted by Gasteiger charge is -2.17. The van der Waals surface area contributed by atoms with Gasteiger partial charge in [0.1, 0.15) is 0 Å². The van der Waals surface area contributed by atoms with E-state index in [9.17, 15) is 9.59 Å². The Labute approximate surface area is 173 Å². The lowest BCUT2D eigenvalue weighted by atomic mass is 10.1. The molecule has 2 N–H and O–H groups in total. The Bertz CT molecular complexity index is 1000.